The molecule has 0 aliphatic rings. The van der Waals surface area contributed by atoms with E-state index < -0.39 is 5.97 Å². The minimum atomic E-state index is -1.10. The van der Waals surface area contributed by atoms with Gasteiger partial charge in [0.15, 0.2) is 0 Å². The number of rotatable bonds is 6. The molecule has 0 saturated carbocycles. The predicted octanol–water partition coefficient (Wildman–Crippen LogP) is 1.58. The van der Waals surface area contributed by atoms with Crippen LogP contribution < -0.4 is 0 Å². The summed E-state index contributed by atoms with van der Waals surface area (Å²) in [5.41, 5.74) is 0. The van der Waals surface area contributed by atoms with Gasteiger partial charge in [-0.05, 0) is 20.8 Å². The Kier molecular flexibility index (Phi) is 11.0. The Bertz CT molecular complexity index is 81.3. The van der Waals surface area contributed by atoms with E-state index >= 15 is 0 Å². The number of ether oxygens (including phenoxy) is 3. The van der Waals surface area contributed by atoms with Crippen molar-refractivity contribution in [2.75, 3.05) is 19.8 Å². The molecule has 0 N–H and O–H groups in total. The van der Waals surface area contributed by atoms with E-state index in [1.165, 1.54) is 0 Å². The Morgan fingerprint density at radius 3 is 1.33 bits per heavy atom. The fraction of sp³-hybridized carbons (Fsp3) is 0.875. The first-order valence-corrected chi connectivity index (χ1v) is 3.95. The topological polar surface area (TPSA) is 27.7 Å². The summed E-state index contributed by atoms with van der Waals surface area (Å²) < 4.78 is 15.5. The molecule has 3 nitrogen and oxygen atoms in total. The van der Waals surface area contributed by atoms with E-state index in [9.17, 15) is 0 Å². The summed E-state index contributed by atoms with van der Waals surface area (Å²) >= 11 is 0. The predicted molar refractivity (Wildman–Crippen MR) is 43.0 cm³/mol. The van der Waals surface area contributed by atoms with Crippen molar-refractivity contribution in [3.05, 3.63) is 6.92 Å². The Morgan fingerprint density at radius 2 is 1.17 bits per heavy atom. The monoisotopic (exact) mass is 250 g/mol. The Hall–Kier alpha value is 0.984. The van der Waals surface area contributed by atoms with Gasteiger partial charge in [-0.25, -0.2) is 0 Å². The molecule has 0 spiro atoms. The molecule has 0 aliphatic carbocycles. The van der Waals surface area contributed by atoms with E-state index in [1.54, 1.807) is 0 Å². The summed E-state index contributed by atoms with van der Waals surface area (Å²) in [4.78, 5) is 0. The number of hydrogen-bond donors (Lipinski definition) is 0. The number of hydrogen-bond acceptors (Lipinski definition) is 3. The molecule has 0 saturated heterocycles. The van der Waals surface area contributed by atoms with Gasteiger partial charge in [0.25, 0.3) is 0 Å². The van der Waals surface area contributed by atoms with Gasteiger partial charge in [-0.2, -0.15) is 0 Å². The van der Waals surface area contributed by atoms with Crippen LogP contribution in [0.4, 0.5) is 0 Å². The first-order valence-electron chi connectivity index (χ1n) is 3.95. The standard InChI is InChI=1S/C8H17O3.Y/c1-5-9-8(4,10-6-2)11-7-3;/h4-7H2,1-3H3;/q-1;. The molecule has 0 aliphatic heterocycles. The molecule has 0 aromatic rings. The van der Waals surface area contributed by atoms with E-state index in [0.29, 0.717) is 19.8 Å². The van der Waals surface area contributed by atoms with Crippen LogP contribution in [0.25, 0.3) is 0 Å². The van der Waals surface area contributed by atoms with Crippen LogP contribution in [0.5, 0.6) is 0 Å². The molecular weight excluding hydrogens is 233 g/mol. The van der Waals surface area contributed by atoms with Crippen LogP contribution in [0, 0.1) is 6.92 Å². The van der Waals surface area contributed by atoms with Gasteiger partial charge in [0.2, 0.25) is 0 Å². The molecule has 0 bridgehead atoms. The second-order valence-corrected chi connectivity index (χ2v) is 1.98. The van der Waals surface area contributed by atoms with Crippen molar-refractivity contribution in [3.63, 3.8) is 0 Å². The summed E-state index contributed by atoms with van der Waals surface area (Å²) in [6.45, 7) is 10.9. The van der Waals surface area contributed by atoms with Gasteiger partial charge in [-0.3, -0.25) is 6.92 Å². The zero-order valence-electron chi connectivity index (χ0n) is 8.13. The fourth-order valence-electron chi connectivity index (χ4n) is 0.785. The summed E-state index contributed by atoms with van der Waals surface area (Å²) in [6, 6.07) is 0. The average Bonchev–Trinajstić information content (AvgIpc) is 1.88. The molecule has 0 fully saturated rings. The van der Waals surface area contributed by atoms with E-state index in [2.05, 4.69) is 6.92 Å². The van der Waals surface area contributed by atoms with Crippen molar-refractivity contribution < 1.29 is 46.9 Å². The summed E-state index contributed by atoms with van der Waals surface area (Å²) in [5.74, 6) is -1.10. The second-order valence-electron chi connectivity index (χ2n) is 1.98. The van der Waals surface area contributed by atoms with Crippen LogP contribution in [0.15, 0.2) is 0 Å². The molecule has 12 heavy (non-hydrogen) atoms. The Balaban J connectivity index is 0. The van der Waals surface area contributed by atoms with E-state index in [4.69, 9.17) is 14.2 Å². The molecule has 1 radical (unpaired) electrons. The maximum Gasteiger partial charge on any atom is 0.146 e. The van der Waals surface area contributed by atoms with Crippen molar-refractivity contribution in [1.82, 2.24) is 0 Å². The molecule has 4 heteroatoms. The Morgan fingerprint density at radius 1 is 0.917 bits per heavy atom. The fourth-order valence-corrected chi connectivity index (χ4v) is 0.785. The maximum absolute atomic E-state index is 5.15. The van der Waals surface area contributed by atoms with Crippen LogP contribution in [0.3, 0.4) is 0 Å². The Labute approximate surface area is 100 Å². The van der Waals surface area contributed by atoms with E-state index in [0.717, 1.165) is 0 Å². The summed E-state index contributed by atoms with van der Waals surface area (Å²) in [6.07, 6.45) is 0. The first kappa shape index (κ1) is 15.5. The third-order valence-electron chi connectivity index (χ3n) is 1.09. The van der Waals surface area contributed by atoms with Crippen molar-refractivity contribution in [3.8, 4) is 0 Å². The van der Waals surface area contributed by atoms with Crippen LogP contribution in [0.1, 0.15) is 20.8 Å². The minimum Gasteiger partial charge on any atom is -0.355 e. The minimum absolute atomic E-state index is 0. The van der Waals surface area contributed by atoms with Crippen molar-refractivity contribution >= 4 is 0 Å². The van der Waals surface area contributed by atoms with Gasteiger partial charge in [-0.15, -0.1) is 0 Å². The largest absolute Gasteiger partial charge is 0.355 e. The van der Waals surface area contributed by atoms with Crippen LogP contribution in [-0.2, 0) is 46.9 Å². The van der Waals surface area contributed by atoms with Crippen LogP contribution in [-0.4, -0.2) is 25.8 Å². The zero-order valence-corrected chi connectivity index (χ0v) is 11.0. The van der Waals surface area contributed by atoms with E-state index in [-0.39, 0.29) is 32.7 Å². The van der Waals surface area contributed by atoms with Crippen molar-refractivity contribution in [2.45, 2.75) is 26.7 Å². The van der Waals surface area contributed by atoms with Gasteiger partial charge in [0, 0.05) is 52.5 Å². The molecule has 0 aromatic heterocycles. The van der Waals surface area contributed by atoms with E-state index in [1.807, 2.05) is 20.8 Å². The molecule has 0 heterocycles. The SMILES string of the molecule is [CH2-]C(OCC)(OCC)OCC.[Y]. The molecule has 71 valence electrons. The van der Waals surface area contributed by atoms with Crippen molar-refractivity contribution in [1.29, 1.82) is 0 Å². The second kappa shape index (κ2) is 8.58. The van der Waals surface area contributed by atoms with Crippen LogP contribution >= 0.6 is 0 Å². The summed E-state index contributed by atoms with van der Waals surface area (Å²) in [7, 11) is 0. The van der Waals surface area contributed by atoms with Gasteiger partial charge in [0.1, 0.15) is 5.97 Å². The average molecular weight is 250 g/mol. The molecule has 0 atom stereocenters. The first-order chi connectivity index (χ1) is 5.18. The van der Waals surface area contributed by atoms with Gasteiger partial charge >= 0.3 is 0 Å². The van der Waals surface area contributed by atoms with Gasteiger partial charge in [-0.1, -0.05) is 0 Å². The molecule has 0 unspecified atom stereocenters. The van der Waals surface area contributed by atoms with Gasteiger partial charge < -0.3 is 14.2 Å². The third kappa shape index (κ3) is 6.49. The zero-order chi connectivity index (χ0) is 8.74. The smallest absolute Gasteiger partial charge is 0.146 e. The van der Waals surface area contributed by atoms with Crippen molar-refractivity contribution in [2.24, 2.45) is 0 Å². The van der Waals surface area contributed by atoms with Gasteiger partial charge in [0.05, 0.1) is 0 Å². The summed E-state index contributed by atoms with van der Waals surface area (Å²) in [5, 5.41) is 0. The third-order valence-corrected chi connectivity index (χ3v) is 1.09. The quantitative estimate of drug-likeness (QED) is 0.529. The normalized spacial score (nSPS) is 11.0. The molecule has 0 aromatic carbocycles. The maximum atomic E-state index is 5.15. The molecule has 0 rings (SSSR count). The molecular formula is C8H17O3Y-. The molecule has 0 amide bonds. The van der Waals surface area contributed by atoms with Crippen LogP contribution in [0.2, 0.25) is 0 Å².